The summed E-state index contributed by atoms with van der Waals surface area (Å²) in [5.41, 5.74) is 1.62. The van der Waals surface area contributed by atoms with E-state index >= 15 is 0 Å². The van der Waals surface area contributed by atoms with E-state index in [0.717, 1.165) is 25.0 Å². The first kappa shape index (κ1) is 21.4. The summed E-state index contributed by atoms with van der Waals surface area (Å²) in [6.45, 7) is 12.8. The lowest BCUT2D eigenvalue weighted by molar-refractivity contribution is 0.0149. The Kier molecular flexibility index (Phi) is 5.73. The lowest BCUT2D eigenvalue weighted by atomic mass is 9.73. The molecule has 156 valence electrons. The van der Waals surface area contributed by atoms with Gasteiger partial charge < -0.3 is 14.2 Å². The zero-order chi connectivity index (χ0) is 20.7. The van der Waals surface area contributed by atoms with Gasteiger partial charge in [0.2, 0.25) is 0 Å². The number of pyridine rings is 1. The molecule has 1 aliphatic carbocycles. The summed E-state index contributed by atoms with van der Waals surface area (Å²) in [5, 5.41) is 0. The van der Waals surface area contributed by atoms with E-state index in [1.54, 1.807) is 4.90 Å². The maximum absolute atomic E-state index is 12.8. The van der Waals surface area contributed by atoms with Gasteiger partial charge in [0.05, 0.1) is 11.7 Å². The smallest absolute Gasteiger partial charge is 0.410 e. The number of rotatable bonds is 2. The van der Waals surface area contributed by atoms with Gasteiger partial charge in [-0.3, -0.25) is 4.98 Å². The summed E-state index contributed by atoms with van der Waals surface area (Å²) in [7, 11) is 0. The number of ether oxygens (including phenoxy) is 1. The fourth-order valence-electron chi connectivity index (χ4n) is 4.09. The Bertz CT molecular complexity index is 718. The van der Waals surface area contributed by atoms with Crippen LogP contribution < -0.4 is 4.72 Å². The highest BCUT2D eigenvalue weighted by atomic mass is 32.2. The lowest BCUT2D eigenvalue weighted by Crippen LogP contribution is -2.57. The third kappa shape index (κ3) is 4.31. The summed E-state index contributed by atoms with van der Waals surface area (Å²) < 4.78 is 21.4. The Hall–Kier alpha value is -1.31. The van der Waals surface area contributed by atoms with E-state index < -0.39 is 17.0 Å². The molecule has 0 unspecified atom stereocenters. The molecule has 7 heteroatoms. The van der Waals surface area contributed by atoms with Crippen LogP contribution in [0.2, 0.25) is 0 Å². The molecule has 0 radical (unpaired) electrons. The maximum Gasteiger partial charge on any atom is 0.410 e. The number of aromatic nitrogens is 1. The minimum absolute atomic E-state index is 0.0539. The number of nitrogens with one attached hydrogen (secondary N) is 1. The minimum atomic E-state index is -1.16. The number of fused-ring (bicyclic) bond motifs is 2. The highest BCUT2D eigenvalue weighted by Crippen LogP contribution is 2.46. The van der Waals surface area contributed by atoms with Gasteiger partial charge in [-0.2, -0.15) is 0 Å². The second-order valence-electron chi connectivity index (χ2n) is 9.89. The van der Waals surface area contributed by atoms with E-state index in [-0.39, 0.29) is 22.3 Å². The predicted octanol–water partition coefficient (Wildman–Crippen LogP) is 3.33. The molecular weight excluding hydrogens is 374 g/mol. The second-order valence-corrected chi connectivity index (χ2v) is 11.9. The molecule has 28 heavy (non-hydrogen) atoms. The fraction of sp³-hybridized carbons (Fsp3) is 0.714. The SMILES string of the molecule is CC(C)(C)OC(=O)N1CCC2(CC1)c1ncccc1C[C@H]2N[S@+]([O-])C(C)(C)C. The molecule has 6 nitrogen and oxygen atoms in total. The summed E-state index contributed by atoms with van der Waals surface area (Å²) in [4.78, 5) is 19.0. The van der Waals surface area contributed by atoms with Crippen LogP contribution in [0.25, 0.3) is 0 Å². The van der Waals surface area contributed by atoms with Gasteiger partial charge in [0, 0.05) is 36.1 Å². The second kappa shape index (κ2) is 7.50. The molecule has 2 heterocycles. The normalized spacial score (nSPS) is 22.8. The molecule has 1 spiro atoms. The molecule has 1 amide bonds. The standard InChI is InChI=1S/C21H33N3O3S/c1-19(2,3)27-18(25)24-12-9-21(10-13-24)16(23-28(26)20(4,5)6)14-15-8-7-11-22-17(15)21/h7-8,11,16,23H,9-10,12-14H2,1-6H3/t16-,28-/m1/s1. The van der Waals surface area contributed by atoms with Gasteiger partial charge in [-0.15, -0.1) is 4.72 Å². The highest BCUT2D eigenvalue weighted by Gasteiger charge is 2.52. The lowest BCUT2D eigenvalue weighted by Gasteiger charge is -2.43. The summed E-state index contributed by atoms with van der Waals surface area (Å²) in [6.07, 6.45) is 3.97. The van der Waals surface area contributed by atoms with E-state index in [4.69, 9.17) is 9.72 Å². The third-order valence-electron chi connectivity index (χ3n) is 5.57. The van der Waals surface area contributed by atoms with Crippen LogP contribution in [0.1, 0.15) is 65.6 Å². The van der Waals surface area contributed by atoms with Gasteiger partial charge in [-0.1, -0.05) is 6.07 Å². The average Bonchev–Trinajstić information content (AvgIpc) is 2.87. The number of hydrogen-bond acceptors (Lipinski definition) is 5. The quantitative estimate of drug-likeness (QED) is 0.761. The van der Waals surface area contributed by atoms with Gasteiger partial charge in [-0.25, -0.2) is 4.79 Å². The number of carbonyl (C=O) groups is 1. The molecule has 1 aromatic rings. The van der Waals surface area contributed by atoms with Crippen LogP contribution in [0.15, 0.2) is 18.3 Å². The molecule has 1 aliphatic heterocycles. The van der Waals surface area contributed by atoms with E-state index in [0.29, 0.717) is 13.1 Å². The minimum Gasteiger partial charge on any atom is -0.598 e. The number of hydrogen-bond donors (Lipinski definition) is 1. The first-order chi connectivity index (χ1) is 12.9. The van der Waals surface area contributed by atoms with Gasteiger partial charge in [0.1, 0.15) is 10.3 Å². The topological polar surface area (TPSA) is 77.5 Å². The molecule has 1 N–H and O–H groups in total. The molecular formula is C21H33N3O3S. The van der Waals surface area contributed by atoms with Crippen LogP contribution in [0, 0.1) is 0 Å². The first-order valence-electron chi connectivity index (χ1n) is 10.0. The Morgan fingerprint density at radius 1 is 1.29 bits per heavy atom. The summed E-state index contributed by atoms with van der Waals surface area (Å²) in [6, 6.07) is 4.13. The third-order valence-corrected chi connectivity index (χ3v) is 7.18. The molecule has 0 aromatic carbocycles. The van der Waals surface area contributed by atoms with Crippen molar-refractivity contribution in [2.45, 2.75) is 82.6 Å². The molecule has 2 aliphatic rings. The first-order valence-corrected chi connectivity index (χ1v) is 11.2. The molecule has 0 bridgehead atoms. The maximum atomic E-state index is 12.8. The van der Waals surface area contributed by atoms with Gasteiger partial charge in [-0.05, 0) is 72.4 Å². The van der Waals surface area contributed by atoms with Crippen molar-refractivity contribution in [3.05, 3.63) is 29.6 Å². The Morgan fingerprint density at radius 3 is 2.50 bits per heavy atom. The van der Waals surface area contributed by atoms with E-state index in [1.165, 1.54) is 5.56 Å². The molecule has 0 saturated carbocycles. The van der Waals surface area contributed by atoms with Crippen LogP contribution >= 0.6 is 0 Å². The van der Waals surface area contributed by atoms with Crippen LogP contribution in [0.3, 0.4) is 0 Å². The number of likely N-dealkylation sites (tertiary alicyclic amines) is 1. The largest absolute Gasteiger partial charge is 0.598 e. The zero-order valence-electron chi connectivity index (χ0n) is 17.9. The van der Waals surface area contributed by atoms with Crippen molar-refractivity contribution < 1.29 is 14.1 Å². The van der Waals surface area contributed by atoms with E-state index in [1.807, 2.05) is 53.8 Å². The Morgan fingerprint density at radius 2 is 1.93 bits per heavy atom. The zero-order valence-corrected chi connectivity index (χ0v) is 18.7. The highest BCUT2D eigenvalue weighted by molar-refractivity contribution is 7.90. The fourth-order valence-corrected chi connectivity index (χ4v) is 5.01. The summed E-state index contributed by atoms with van der Waals surface area (Å²) in [5.74, 6) is 0. The number of nitrogens with zero attached hydrogens (tertiary/aromatic N) is 2. The van der Waals surface area contributed by atoms with Crippen molar-refractivity contribution in [2.75, 3.05) is 13.1 Å². The van der Waals surface area contributed by atoms with E-state index in [9.17, 15) is 9.35 Å². The predicted molar refractivity (Wildman–Crippen MR) is 111 cm³/mol. The Labute approximate surface area is 171 Å². The molecule has 2 atom stereocenters. The van der Waals surface area contributed by atoms with Crippen LogP contribution in [-0.2, 0) is 27.9 Å². The monoisotopic (exact) mass is 407 g/mol. The Balaban J connectivity index is 1.80. The van der Waals surface area contributed by atoms with Crippen molar-refractivity contribution in [1.82, 2.24) is 14.6 Å². The molecule has 1 aromatic heterocycles. The van der Waals surface area contributed by atoms with Crippen molar-refractivity contribution in [2.24, 2.45) is 0 Å². The molecule has 1 saturated heterocycles. The van der Waals surface area contributed by atoms with Crippen molar-refractivity contribution >= 4 is 17.5 Å². The van der Waals surface area contributed by atoms with Gasteiger partial charge in [0.25, 0.3) is 0 Å². The van der Waals surface area contributed by atoms with Crippen LogP contribution in [0.4, 0.5) is 4.79 Å². The van der Waals surface area contributed by atoms with Crippen LogP contribution in [0.5, 0.6) is 0 Å². The number of carbonyl (C=O) groups excluding carboxylic acids is 1. The average molecular weight is 408 g/mol. The van der Waals surface area contributed by atoms with Crippen molar-refractivity contribution in [3.8, 4) is 0 Å². The van der Waals surface area contributed by atoms with E-state index in [2.05, 4.69) is 10.8 Å². The number of piperidine rings is 1. The van der Waals surface area contributed by atoms with Gasteiger partial charge >= 0.3 is 6.09 Å². The molecule has 1 fully saturated rings. The molecule has 3 rings (SSSR count). The van der Waals surface area contributed by atoms with Crippen molar-refractivity contribution in [3.63, 3.8) is 0 Å². The van der Waals surface area contributed by atoms with Crippen LogP contribution in [-0.4, -0.2) is 50.0 Å². The summed E-state index contributed by atoms with van der Waals surface area (Å²) >= 11 is -1.16. The number of amides is 1. The van der Waals surface area contributed by atoms with Gasteiger partial charge in [0.15, 0.2) is 0 Å². The van der Waals surface area contributed by atoms with Crippen molar-refractivity contribution in [1.29, 1.82) is 0 Å².